The van der Waals surface area contributed by atoms with Crippen molar-refractivity contribution < 1.29 is 4.79 Å². The molecule has 0 spiro atoms. The van der Waals surface area contributed by atoms with Crippen molar-refractivity contribution in [2.45, 2.75) is 13.5 Å². The number of anilines is 1. The maximum Gasteiger partial charge on any atom is 0.312 e. The summed E-state index contributed by atoms with van der Waals surface area (Å²) in [6.07, 6.45) is 1.55. The summed E-state index contributed by atoms with van der Waals surface area (Å²) >= 11 is 3.21. The number of halogens is 1. The first-order valence-electron chi connectivity index (χ1n) is 5.09. The van der Waals surface area contributed by atoms with Crippen molar-refractivity contribution in [2.75, 3.05) is 18.4 Å². The van der Waals surface area contributed by atoms with Crippen molar-refractivity contribution in [1.29, 1.82) is 0 Å². The summed E-state index contributed by atoms with van der Waals surface area (Å²) in [7, 11) is 0. The lowest BCUT2D eigenvalue weighted by Crippen LogP contribution is -2.33. The molecule has 2 amide bonds. The average molecular weight is 304 g/mol. The molecule has 0 radical (unpaired) electrons. The maximum absolute atomic E-state index is 11.7. The summed E-state index contributed by atoms with van der Waals surface area (Å²) < 4.78 is 1.77. The zero-order valence-electron chi connectivity index (χ0n) is 9.36. The van der Waals surface area contributed by atoms with Gasteiger partial charge in [0, 0.05) is 19.6 Å². The molecular weight excluding hydrogens is 290 g/mol. The third-order valence-corrected chi connectivity index (χ3v) is 2.79. The first kappa shape index (κ1) is 13.5. The third-order valence-electron chi connectivity index (χ3n) is 2.02. The van der Waals surface area contributed by atoms with Gasteiger partial charge in [-0.15, -0.1) is 0 Å². The van der Waals surface area contributed by atoms with E-state index in [2.05, 4.69) is 31.7 Å². The Kier molecular flexibility index (Phi) is 4.95. The van der Waals surface area contributed by atoms with Gasteiger partial charge in [0.2, 0.25) is 0 Å². The highest BCUT2D eigenvalue weighted by atomic mass is 79.9. The first-order valence-corrected chi connectivity index (χ1v) is 5.88. The van der Waals surface area contributed by atoms with Crippen LogP contribution >= 0.6 is 15.9 Å². The summed E-state index contributed by atoms with van der Waals surface area (Å²) in [5.74, 6) is 0. The van der Waals surface area contributed by atoms with E-state index in [9.17, 15) is 9.59 Å². The summed E-state index contributed by atoms with van der Waals surface area (Å²) in [4.78, 5) is 22.1. The average Bonchev–Trinajstić information content (AvgIpc) is 2.29. The largest absolute Gasteiger partial charge is 0.381 e. The molecule has 0 saturated heterocycles. The van der Waals surface area contributed by atoms with Crippen molar-refractivity contribution in [3.05, 3.63) is 21.0 Å². The number of nitrogens with zero attached hydrogens (tertiary/aromatic N) is 2. The summed E-state index contributed by atoms with van der Waals surface area (Å²) in [6, 6.07) is -0.578. The minimum atomic E-state index is -0.578. The lowest BCUT2D eigenvalue weighted by atomic mass is 10.4. The highest BCUT2D eigenvalue weighted by molar-refractivity contribution is 9.10. The number of rotatable bonds is 5. The molecule has 94 valence electrons. The molecule has 0 atom stereocenters. The molecule has 0 aliphatic rings. The number of primary amides is 1. The van der Waals surface area contributed by atoms with E-state index in [1.165, 1.54) is 4.68 Å². The van der Waals surface area contributed by atoms with E-state index in [4.69, 9.17) is 5.73 Å². The van der Waals surface area contributed by atoms with Crippen LogP contribution in [-0.2, 0) is 6.54 Å². The highest BCUT2D eigenvalue weighted by Crippen LogP contribution is 2.15. The Labute approximate surface area is 107 Å². The number of carbonyl (C=O) groups is 1. The molecule has 0 aliphatic carbocycles. The summed E-state index contributed by atoms with van der Waals surface area (Å²) in [5.41, 5.74) is 5.31. The van der Waals surface area contributed by atoms with Crippen molar-refractivity contribution >= 4 is 27.6 Å². The van der Waals surface area contributed by atoms with Gasteiger partial charge in [0.25, 0.3) is 5.56 Å². The second-order valence-corrected chi connectivity index (χ2v) is 4.00. The lowest BCUT2D eigenvalue weighted by Gasteiger charge is -2.09. The summed E-state index contributed by atoms with van der Waals surface area (Å²) in [6.45, 7) is 3.18. The van der Waals surface area contributed by atoms with Crippen LogP contribution in [0.15, 0.2) is 15.5 Å². The van der Waals surface area contributed by atoms with E-state index in [0.29, 0.717) is 29.8 Å². The minimum absolute atomic E-state index is 0.194. The molecule has 1 rings (SSSR count). The van der Waals surface area contributed by atoms with Crippen LogP contribution in [0.3, 0.4) is 0 Å². The van der Waals surface area contributed by atoms with E-state index in [-0.39, 0.29) is 5.56 Å². The molecule has 4 N–H and O–H groups in total. The predicted octanol–water partition coefficient (Wildman–Crippen LogP) is 0.106. The second-order valence-electron chi connectivity index (χ2n) is 3.21. The Hall–Kier alpha value is -1.57. The van der Waals surface area contributed by atoms with Crippen LogP contribution in [0.2, 0.25) is 0 Å². The number of aryl methyl sites for hydroxylation is 1. The van der Waals surface area contributed by atoms with Gasteiger partial charge in [0.15, 0.2) is 0 Å². The van der Waals surface area contributed by atoms with Gasteiger partial charge in [-0.2, -0.15) is 5.10 Å². The van der Waals surface area contributed by atoms with Crippen LogP contribution in [0, 0.1) is 0 Å². The topological polar surface area (TPSA) is 102 Å². The van der Waals surface area contributed by atoms with Crippen LogP contribution in [0.4, 0.5) is 10.5 Å². The van der Waals surface area contributed by atoms with Crippen LogP contribution < -0.4 is 21.9 Å². The van der Waals surface area contributed by atoms with Gasteiger partial charge >= 0.3 is 6.03 Å². The number of nitrogens with one attached hydrogen (secondary N) is 2. The molecule has 7 nitrogen and oxygen atoms in total. The predicted molar refractivity (Wildman–Crippen MR) is 67.9 cm³/mol. The van der Waals surface area contributed by atoms with Crippen molar-refractivity contribution in [1.82, 2.24) is 15.1 Å². The van der Waals surface area contributed by atoms with Gasteiger partial charge in [-0.3, -0.25) is 4.79 Å². The number of amides is 2. The van der Waals surface area contributed by atoms with Gasteiger partial charge < -0.3 is 16.4 Å². The molecule has 1 aromatic rings. The smallest absolute Gasteiger partial charge is 0.312 e. The molecule has 0 saturated carbocycles. The van der Waals surface area contributed by atoms with Crippen molar-refractivity contribution in [2.24, 2.45) is 5.73 Å². The standard InChI is InChI=1S/C9H14BrN5O2/c1-2-15-8(16)7(10)6(5-14-15)12-3-4-13-9(11)17/h5,12H,2-4H2,1H3,(H3,11,13,17). The molecule has 0 aliphatic heterocycles. The molecule has 0 bridgehead atoms. The highest BCUT2D eigenvalue weighted by Gasteiger charge is 2.06. The Morgan fingerprint density at radius 2 is 2.29 bits per heavy atom. The maximum atomic E-state index is 11.7. The number of hydrogen-bond acceptors (Lipinski definition) is 4. The number of urea groups is 1. The van der Waals surface area contributed by atoms with Crippen LogP contribution in [0.25, 0.3) is 0 Å². The third kappa shape index (κ3) is 3.74. The Morgan fingerprint density at radius 3 is 2.88 bits per heavy atom. The zero-order chi connectivity index (χ0) is 12.8. The van der Waals surface area contributed by atoms with E-state index >= 15 is 0 Å². The lowest BCUT2D eigenvalue weighted by molar-refractivity contribution is 0.249. The van der Waals surface area contributed by atoms with E-state index in [0.717, 1.165) is 0 Å². The minimum Gasteiger partial charge on any atom is -0.381 e. The fourth-order valence-corrected chi connectivity index (χ4v) is 1.64. The Balaban J connectivity index is 2.63. The van der Waals surface area contributed by atoms with Crippen LogP contribution in [-0.4, -0.2) is 28.9 Å². The number of hydrogen-bond donors (Lipinski definition) is 3. The fourth-order valence-electron chi connectivity index (χ4n) is 1.20. The number of nitrogens with two attached hydrogens (primary N) is 1. The Bertz CT molecular complexity index is 459. The fraction of sp³-hybridized carbons (Fsp3) is 0.444. The summed E-state index contributed by atoms with van der Waals surface area (Å²) in [5, 5.41) is 9.37. The normalized spacial score (nSPS) is 10.0. The second kappa shape index (κ2) is 6.24. The molecule has 8 heteroatoms. The molecule has 1 heterocycles. The van der Waals surface area contributed by atoms with Crippen molar-refractivity contribution in [3.63, 3.8) is 0 Å². The van der Waals surface area contributed by atoms with Crippen LogP contribution in [0.5, 0.6) is 0 Å². The van der Waals surface area contributed by atoms with E-state index in [1.54, 1.807) is 6.20 Å². The SMILES string of the molecule is CCn1ncc(NCCNC(N)=O)c(Br)c1=O. The molecule has 0 aromatic carbocycles. The first-order chi connectivity index (χ1) is 8.06. The number of carbonyl (C=O) groups excluding carboxylic acids is 1. The molecule has 0 fully saturated rings. The van der Waals surface area contributed by atoms with Gasteiger partial charge in [-0.1, -0.05) is 0 Å². The van der Waals surface area contributed by atoms with Gasteiger partial charge in [-0.25, -0.2) is 9.48 Å². The molecule has 1 aromatic heterocycles. The van der Waals surface area contributed by atoms with Gasteiger partial charge in [0.1, 0.15) is 4.47 Å². The zero-order valence-corrected chi connectivity index (χ0v) is 11.0. The van der Waals surface area contributed by atoms with Crippen LogP contribution in [0.1, 0.15) is 6.92 Å². The molecule has 17 heavy (non-hydrogen) atoms. The number of aromatic nitrogens is 2. The van der Waals surface area contributed by atoms with E-state index < -0.39 is 6.03 Å². The quantitative estimate of drug-likeness (QED) is 0.672. The molecule has 0 unspecified atom stereocenters. The monoisotopic (exact) mass is 303 g/mol. The van der Waals surface area contributed by atoms with Crippen molar-refractivity contribution in [3.8, 4) is 0 Å². The van der Waals surface area contributed by atoms with Gasteiger partial charge in [-0.05, 0) is 22.9 Å². The van der Waals surface area contributed by atoms with E-state index in [1.807, 2.05) is 6.92 Å². The Morgan fingerprint density at radius 1 is 1.59 bits per heavy atom. The molecular formula is C9H14BrN5O2. The van der Waals surface area contributed by atoms with Gasteiger partial charge in [0.05, 0.1) is 11.9 Å².